The zero-order valence-corrected chi connectivity index (χ0v) is 19.5. The topological polar surface area (TPSA) is 68.5 Å². The van der Waals surface area contributed by atoms with Crippen molar-refractivity contribution in [1.82, 2.24) is 15.2 Å². The summed E-state index contributed by atoms with van der Waals surface area (Å²) in [5, 5.41) is 11.0. The minimum atomic E-state index is -0.392. The number of carbonyl (C=O) groups excluding carboxylic acids is 1. The lowest BCUT2D eigenvalue weighted by molar-refractivity contribution is 0.0949. The molecule has 0 aliphatic rings. The van der Waals surface area contributed by atoms with Crippen LogP contribution in [0.1, 0.15) is 21.6 Å². The molecule has 1 N–H and O–H groups in total. The maximum Gasteiger partial charge on any atom is 0.291 e. The average Bonchev–Trinajstić information content (AvgIpc) is 3.34. The summed E-state index contributed by atoms with van der Waals surface area (Å²) in [4.78, 5) is 12.9. The van der Waals surface area contributed by atoms with E-state index in [0.29, 0.717) is 0 Å². The fourth-order valence-electron chi connectivity index (χ4n) is 3.87. The number of benzene rings is 4. The van der Waals surface area contributed by atoms with Crippen LogP contribution in [0, 0.1) is 6.92 Å². The van der Waals surface area contributed by atoms with Crippen LogP contribution in [0.2, 0.25) is 0 Å². The molecule has 1 amide bonds. The molecule has 4 aromatic carbocycles. The van der Waals surface area contributed by atoms with Gasteiger partial charge >= 0.3 is 0 Å². The lowest BCUT2D eigenvalue weighted by Crippen LogP contribution is -2.18. The Morgan fingerprint density at radius 3 is 2.51 bits per heavy atom. The number of nitrogens with zero attached hydrogens (tertiary/aromatic N) is 3. The molecule has 1 heterocycles. The van der Waals surface area contributed by atoms with E-state index in [-0.39, 0.29) is 5.69 Å². The standard InChI is InChI=1S/C29H24N4O2/c1-20-10-14-25(15-11-20)33-28(24-13-12-22-7-3-4-8-23(22)17-24)18-27(32-33)29(34)31-30-19-21-6-5-9-26(16-21)35-2/h3-19H,1-2H3,(H,31,34)/b30-19-. The fourth-order valence-corrected chi connectivity index (χ4v) is 3.87. The first-order valence-electron chi connectivity index (χ1n) is 11.2. The Morgan fingerprint density at radius 2 is 1.71 bits per heavy atom. The highest BCUT2D eigenvalue weighted by molar-refractivity contribution is 5.95. The van der Waals surface area contributed by atoms with E-state index in [4.69, 9.17) is 4.74 Å². The number of ether oxygens (including phenoxy) is 1. The molecule has 5 rings (SSSR count). The van der Waals surface area contributed by atoms with Gasteiger partial charge in [-0.05, 0) is 59.7 Å². The Labute approximate surface area is 203 Å². The van der Waals surface area contributed by atoms with Crippen molar-refractivity contribution in [3.8, 4) is 22.7 Å². The van der Waals surface area contributed by atoms with Crippen molar-refractivity contribution in [2.75, 3.05) is 7.11 Å². The summed E-state index contributed by atoms with van der Waals surface area (Å²) in [7, 11) is 1.61. The summed E-state index contributed by atoms with van der Waals surface area (Å²) in [6.45, 7) is 2.04. The molecular formula is C29H24N4O2. The molecule has 0 fully saturated rings. The Balaban J connectivity index is 1.48. The molecule has 6 nitrogen and oxygen atoms in total. The van der Waals surface area contributed by atoms with Crippen molar-refractivity contribution in [2.24, 2.45) is 5.10 Å². The lowest BCUT2D eigenvalue weighted by Gasteiger charge is -2.09. The second-order valence-electron chi connectivity index (χ2n) is 8.20. The number of amides is 1. The third-order valence-electron chi connectivity index (χ3n) is 5.74. The maximum atomic E-state index is 12.9. The van der Waals surface area contributed by atoms with E-state index in [1.807, 2.05) is 73.7 Å². The summed E-state index contributed by atoms with van der Waals surface area (Å²) < 4.78 is 7.02. The van der Waals surface area contributed by atoms with E-state index in [2.05, 4.69) is 39.9 Å². The van der Waals surface area contributed by atoms with Crippen molar-refractivity contribution in [3.05, 3.63) is 114 Å². The molecule has 0 saturated carbocycles. The van der Waals surface area contributed by atoms with Crippen LogP contribution < -0.4 is 10.2 Å². The first-order valence-corrected chi connectivity index (χ1v) is 11.2. The van der Waals surface area contributed by atoms with Crippen molar-refractivity contribution in [3.63, 3.8) is 0 Å². The normalized spacial score (nSPS) is 11.1. The Morgan fingerprint density at radius 1 is 0.914 bits per heavy atom. The quantitative estimate of drug-likeness (QED) is 0.258. The average molecular weight is 461 g/mol. The third kappa shape index (κ3) is 4.82. The maximum absolute atomic E-state index is 12.9. The van der Waals surface area contributed by atoms with Gasteiger partial charge in [0.05, 0.1) is 24.7 Å². The van der Waals surface area contributed by atoms with Crippen LogP contribution in [0.3, 0.4) is 0 Å². The van der Waals surface area contributed by atoms with E-state index in [9.17, 15) is 4.79 Å². The van der Waals surface area contributed by atoms with Crippen LogP contribution in [0.15, 0.2) is 102 Å². The molecule has 0 aliphatic heterocycles. The molecule has 35 heavy (non-hydrogen) atoms. The monoisotopic (exact) mass is 460 g/mol. The first-order chi connectivity index (χ1) is 17.1. The smallest absolute Gasteiger partial charge is 0.291 e. The molecule has 5 aromatic rings. The van der Waals surface area contributed by atoms with E-state index in [1.165, 1.54) is 0 Å². The molecule has 0 spiro atoms. The van der Waals surface area contributed by atoms with Gasteiger partial charge in [0.1, 0.15) is 5.75 Å². The van der Waals surface area contributed by atoms with Gasteiger partial charge in [-0.3, -0.25) is 4.79 Å². The van der Waals surface area contributed by atoms with Gasteiger partial charge in [0.15, 0.2) is 5.69 Å². The number of carbonyl (C=O) groups is 1. The minimum absolute atomic E-state index is 0.275. The van der Waals surface area contributed by atoms with Gasteiger partial charge in [-0.15, -0.1) is 0 Å². The number of hydrogen-bond acceptors (Lipinski definition) is 4. The highest BCUT2D eigenvalue weighted by atomic mass is 16.5. The predicted molar refractivity (Wildman–Crippen MR) is 139 cm³/mol. The van der Waals surface area contributed by atoms with Crippen molar-refractivity contribution in [2.45, 2.75) is 6.92 Å². The lowest BCUT2D eigenvalue weighted by atomic mass is 10.0. The van der Waals surface area contributed by atoms with E-state index < -0.39 is 5.91 Å². The van der Waals surface area contributed by atoms with Gasteiger partial charge in [0.2, 0.25) is 0 Å². The molecule has 0 saturated heterocycles. The summed E-state index contributed by atoms with van der Waals surface area (Å²) >= 11 is 0. The van der Waals surface area contributed by atoms with E-state index >= 15 is 0 Å². The van der Waals surface area contributed by atoms with Crippen LogP contribution in [-0.4, -0.2) is 29.0 Å². The van der Waals surface area contributed by atoms with Crippen LogP contribution in [0.25, 0.3) is 27.7 Å². The van der Waals surface area contributed by atoms with Crippen molar-refractivity contribution < 1.29 is 9.53 Å². The largest absolute Gasteiger partial charge is 0.497 e. The van der Waals surface area contributed by atoms with Gasteiger partial charge in [-0.2, -0.15) is 10.2 Å². The number of methoxy groups -OCH3 is 1. The van der Waals surface area contributed by atoms with Gasteiger partial charge < -0.3 is 4.74 Å². The van der Waals surface area contributed by atoms with Crippen LogP contribution in [-0.2, 0) is 0 Å². The SMILES string of the molecule is COc1cccc(/C=N\NC(=O)c2cc(-c3ccc4ccccc4c3)n(-c3ccc(C)cc3)n2)c1. The van der Waals surface area contributed by atoms with Crippen LogP contribution >= 0.6 is 0 Å². The molecule has 1 aromatic heterocycles. The Bertz CT molecular complexity index is 1530. The van der Waals surface area contributed by atoms with Gasteiger partial charge in [0, 0.05) is 5.56 Å². The second-order valence-corrected chi connectivity index (χ2v) is 8.20. The molecule has 0 bridgehead atoms. The highest BCUT2D eigenvalue weighted by Gasteiger charge is 2.17. The number of rotatable bonds is 6. The zero-order valence-electron chi connectivity index (χ0n) is 19.5. The molecule has 0 unspecified atom stereocenters. The molecule has 0 radical (unpaired) electrons. The fraction of sp³-hybridized carbons (Fsp3) is 0.0690. The van der Waals surface area contributed by atoms with Gasteiger partial charge in [0.25, 0.3) is 5.91 Å². The molecular weight excluding hydrogens is 436 g/mol. The summed E-state index contributed by atoms with van der Waals surface area (Å²) in [5.41, 5.74) is 7.48. The predicted octanol–water partition coefficient (Wildman–Crippen LogP) is 5.77. The van der Waals surface area contributed by atoms with Gasteiger partial charge in [-0.25, -0.2) is 10.1 Å². The summed E-state index contributed by atoms with van der Waals surface area (Å²) in [5.74, 6) is 0.328. The van der Waals surface area contributed by atoms with Crippen molar-refractivity contribution >= 4 is 22.9 Å². The number of aryl methyl sites for hydroxylation is 1. The second kappa shape index (κ2) is 9.65. The number of fused-ring (bicyclic) bond motifs is 1. The summed E-state index contributed by atoms with van der Waals surface area (Å²) in [6, 6.07) is 31.7. The van der Waals surface area contributed by atoms with E-state index in [1.54, 1.807) is 24.1 Å². The van der Waals surface area contributed by atoms with E-state index in [0.717, 1.165) is 44.6 Å². The first kappa shape index (κ1) is 22.1. The number of hydrazone groups is 1. The Hall–Kier alpha value is -4.71. The number of nitrogens with one attached hydrogen (secondary N) is 1. The van der Waals surface area contributed by atoms with Crippen LogP contribution in [0.4, 0.5) is 0 Å². The van der Waals surface area contributed by atoms with Crippen molar-refractivity contribution in [1.29, 1.82) is 0 Å². The van der Waals surface area contributed by atoms with Gasteiger partial charge in [-0.1, -0.05) is 66.2 Å². The molecule has 172 valence electrons. The Kier molecular flexibility index (Phi) is 6.09. The summed E-state index contributed by atoms with van der Waals surface area (Å²) in [6.07, 6.45) is 1.57. The zero-order chi connectivity index (χ0) is 24.2. The number of aromatic nitrogens is 2. The highest BCUT2D eigenvalue weighted by Crippen LogP contribution is 2.27. The molecule has 0 aliphatic carbocycles. The molecule has 6 heteroatoms. The molecule has 0 atom stereocenters. The van der Waals surface area contributed by atoms with Crippen LogP contribution in [0.5, 0.6) is 5.75 Å². The number of hydrogen-bond donors (Lipinski definition) is 1. The third-order valence-corrected chi connectivity index (χ3v) is 5.74. The minimum Gasteiger partial charge on any atom is -0.497 e.